The van der Waals surface area contributed by atoms with Crippen molar-refractivity contribution < 1.29 is 14.3 Å². The van der Waals surface area contributed by atoms with Crippen molar-refractivity contribution in [1.29, 1.82) is 0 Å². The van der Waals surface area contributed by atoms with E-state index in [1.807, 2.05) is 41.2 Å². The van der Waals surface area contributed by atoms with E-state index in [1.54, 1.807) is 43.6 Å². The number of hydrogen-bond acceptors (Lipinski definition) is 6. The first-order valence-corrected chi connectivity index (χ1v) is 11.6. The summed E-state index contributed by atoms with van der Waals surface area (Å²) in [6.07, 6.45) is 9.95. The largest absolute Gasteiger partial charge is 0.497 e. The second kappa shape index (κ2) is 8.49. The molecular formula is C26H23N7O3. The fraction of sp³-hybridized carbons (Fsp3) is 0.192. The Kier molecular flexibility index (Phi) is 5.14. The van der Waals surface area contributed by atoms with Crippen LogP contribution in [0.5, 0.6) is 5.75 Å². The highest BCUT2D eigenvalue weighted by Gasteiger charge is 2.36. The zero-order valence-corrected chi connectivity index (χ0v) is 19.8. The molecular weight excluding hydrogens is 458 g/mol. The molecule has 0 radical (unpaired) electrons. The van der Waals surface area contributed by atoms with E-state index in [9.17, 15) is 9.59 Å². The topological polar surface area (TPSA) is 109 Å². The minimum Gasteiger partial charge on any atom is -0.497 e. The quantitative estimate of drug-likeness (QED) is 0.358. The molecule has 10 heteroatoms. The molecule has 180 valence electrons. The summed E-state index contributed by atoms with van der Waals surface area (Å²) in [6.45, 7) is 1.51. The van der Waals surface area contributed by atoms with Crippen molar-refractivity contribution in [3.63, 3.8) is 0 Å². The molecule has 0 spiro atoms. The van der Waals surface area contributed by atoms with Crippen molar-refractivity contribution in [2.24, 2.45) is 7.05 Å². The van der Waals surface area contributed by atoms with Gasteiger partial charge in [-0.3, -0.25) is 14.9 Å². The van der Waals surface area contributed by atoms with Gasteiger partial charge in [0, 0.05) is 67.3 Å². The molecule has 0 saturated carbocycles. The third-order valence-corrected chi connectivity index (χ3v) is 6.50. The summed E-state index contributed by atoms with van der Waals surface area (Å²) < 4.78 is 11.2. The molecule has 0 saturated heterocycles. The highest BCUT2D eigenvalue weighted by atomic mass is 16.5. The van der Waals surface area contributed by atoms with Gasteiger partial charge in [0.1, 0.15) is 11.4 Å². The van der Waals surface area contributed by atoms with Crippen LogP contribution in [0.15, 0.2) is 61.4 Å². The molecule has 4 aromatic heterocycles. The number of carbonyl (C=O) groups is 2. The van der Waals surface area contributed by atoms with Crippen molar-refractivity contribution >= 4 is 44.9 Å². The number of amides is 2. The minimum atomic E-state index is -0.464. The number of methoxy groups -OCH3 is 1. The standard InChI is InChI=1S/C26H23N7O3/c1-31-24-18(5-3-8-28-24)23(30-31)22-21(25(34)29-26(22)35)19-14-33(11-4-10-32-12-9-27-15-32)20-13-16(36-2)6-7-17(19)20/h3,5-9,12-15H,4,10-11H2,1-2H3,(H,29,34,35). The molecule has 0 unspecified atom stereocenters. The first-order chi connectivity index (χ1) is 17.5. The lowest BCUT2D eigenvalue weighted by molar-refractivity contribution is -0.122. The van der Waals surface area contributed by atoms with Gasteiger partial charge in [0.05, 0.1) is 30.1 Å². The number of hydrogen-bond donors (Lipinski definition) is 1. The number of carbonyl (C=O) groups excluding carboxylic acids is 2. The molecule has 5 aromatic rings. The van der Waals surface area contributed by atoms with Crippen molar-refractivity contribution in [2.45, 2.75) is 19.5 Å². The highest BCUT2D eigenvalue weighted by molar-refractivity contribution is 6.50. The predicted molar refractivity (Wildman–Crippen MR) is 134 cm³/mol. The van der Waals surface area contributed by atoms with Crippen molar-refractivity contribution in [1.82, 2.24) is 34.2 Å². The van der Waals surface area contributed by atoms with Crippen LogP contribution in [-0.4, -0.2) is 47.8 Å². The number of benzene rings is 1. The number of fused-ring (bicyclic) bond motifs is 2. The Balaban J connectivity index is 1.52. The number of imide groups is 1. The lowest BCUT2D eigenvalue weighted by Crippen LogP contribution is -2.22. The molecule has 2 amide bonds. The van der Waals surface area contributed by atoms with Crippen LogP contribution in [0.2, 0.25) is 0 Å². The Morgan fingerprint density at radius 3 is 2.69 bits per heavy atom. The maximum atomic E-state index is 13.2. The zero-order valence-electron chi connectivity index (χ0n) is 19.8. The number of nitrogens with one attached hydrogen (secondary N) is 1. The summed E-state index contributed by atoms with van der Waals surface area (Å²) in [4.78, 5) is 34.7. The van der Waals surface area contributed by atoms with Gasteiger partial charge in [0.2, 0.25) is 0 Å². The van der Waals surface area contributed by atoms with Crippen molar-refractivity contribution in [3.8, 4) is 5.75 Å². The average Bonchev–Trinajstić information content (AvgIpc) is 3.65. The van der Waals surface area contributed by atoms with Crippen molar-refractivity contribution in [3.05, 3.63) is 72.7 Å². The van der Waals surface area contributed by atoms with E-state index < -0.39 is 11.8 Å². The number of pyridine rings is 1. The van der Waals surface area contributed by atoms with Crippen LogP contribution >= 0.6 is 0 Å². The number of nitrogens with zero attached hydrogens (tertiary/aromatic N) is 6. The van der Waals surface area contributed by atoms with E-state index >= 15 is 0 Å². The lowest BCUT2D eigenvalue weighted by atomic mass is 9.98. The third-order valence-electron chi connectivity index (χ3n) is 6.50. The van der Waals surface area contributed by atoms with E-state index in [4.69, 9.17) is 4.74 Å². The van der Waals surface area contributed by atoms with Gasteiger partial charge in [-0.2, -0.15) is 5.10 Å². The molecule has 10 nitrogen and oxygen atoms in total. The molecule has 0 atom stereocenters. The van der Waals surface area contributed by atoms with Crippen LogP contribution < -0.4 is 10.1 Å². The summed E-state index contributed by atoms with van der Waals surface area (Å²) in [5.41, 5.74) is 3.24. The summed E-state index contributed by atoms with van der Waals surface area (Å²) >= 11 is 0. The first kappa shape index (κ1) is 21.8. The number of ether oxygens (including phenoxy) is 1. The van der Waals surface area contributed by atoms with Crippen LogP contribution in [0, 0.1) is 0 Å². The Hall–Kier alpha value is -4.73. The van der Waals surface area contributed by atoms with E-state index in [1.165, 1.54) is 0 Å². The van der Waals surface area contributed by atoms with Gasteiger partial charge in [-0.05, 0) is 30.7 Å². The molecule has 36 heavy (non-hydrogen) atoms. The van der Waals surface area contributed by atoms with Crippen LogP contribution in [-0.2, 0) is 29.7 Å². The molecule has 1 aromatic carbocycles. The average molecular weight is 482 g/mol. The zero-order chi connectivity index (χ0) is 24.8. The van der Waals surface area contributed by atoms with Gasteiger partial charge in [-0.25, -0.2) is 14.6 Å². The maximum absolute atomic E-state index is 13.2. The van der Waals surface area contributed by atoms with Gasteiger partial charge in [-0.15, -0.1) is 0 Å². The summed E-state index contributed by atoms with van der Waals surface area (Å²) in [6, 6.07) is 9.38. The van der Waals surface area contributed by atoms with E-state index in [2.05, 4.69) is 25.0 Å². The molecule has 1 aliphatic heterocycles. The molecule has 5 heterocycles. The smallest absolute Gasteiger partial charge is 0.261 e. The summed E-state index contributed by atoms with van der Waals surface area (Å²) in [5.74, 6) is -0.190. The number of aromatic nitrogens is 6. The Morgan fingerprint density at radius 1 is 1.03 bits per heavy atom. The van der Waals surface area contributed by atoms with E-state index in [-0.39, 0.29) is 5.57 Å². The van der Waals surface area contributed by atoms with Gasteiger partial charge in [-0.1, -0.05) is 0 Å². The van der Waals surface area contributed by atoms with Gasteiger partial charge >= 0.3 is 0 Å². The van der Waals surface area contributed by atoms with Crippen LogP contribution in [0.4, 0.5) is 0 Å². The van der Waals surface area contributed by atoms with E-state index in [0.717, 1.165) is 23.9 Å². The number of imidazole rings is 1. The Morgan fingerprint density at radius 2 is 1.89 bits per heavy atom. The fourth-order valence-electron chi connectivity index (χ4n) is 4.84. The number of aryl methyl sites for hydroxylation is 3. The Bertz CT molecular complexity index is 1670. The third kappa shape index (κ3) is 3.46. The molecule has 1 aliphatic rings. The van der Waals surface area contributed by atoms with Crippen LogP contribution in [0.25, 0.3) is 33.1 Å². The molecule has 0 aliphatic carbocycles. The fourth-order valence-corrected chi connectivity index (χ4v) is 4.84. The van der Waals surface area contributed by atoms with Gasteiger partial charge < -0.3 is 13.9 Å². The SMILES string of the molecule is COc1ccc2c(C3=C(c4nn(C)c5ncccc45)C(=O)NC3=O)cn(CCCn3ccnc3)c2c1. The molecule has 1 N–H and O–H groups in total. The summed E-state index contributed by atoms with van der Waals surface area (Å²) in [5, 5.41) is 8.62. The highest BCUT2D eigenvalue weighted by Crippen LogP contribution is 2.38. The lowest BCUT2D eigenvalue weighted by Gasteiger charge is -2.07. The normalized spacial score (nSPS) is 13.8. The molecule has 0 bridgehead atoms. The second-order valence-corrected chi connectivity index (χ2v) is 8.65. The number of rotatable bonds is 7. The second-order valence-electron chi connectivity index (χ2n) is 8.65. The minimum absolute atomic E-state index is 0.256. The summed E-state index contributed by atoms with van der Waals surface area (Å²) in [7, 11) is 3.39. The Labute approximate surface area is 205 Å². The molecule has 6 rings (SSSR count). The molecule has 0 fully saturated rings. The first-order valence-electron chi connectivity index (χ1n) is 11.6. The van der Waals surface area contributed by atoms with Gasteiger partial charge in [0.15, 0.2) is 5.65 Å². The van der Waals surface area contributed by atoms with Crippen LogP contribution in [0.3, 0.4) is 0 Å². The monoisotopic (exact) mass is 481 g/mol. The predicted octanol–water partition coefficient (Wildman–Crippen LogP) is 2.79. The maximum Gasteiger partial charge on any atom is 0.261 e. The van der Waals surface area contributed by atoms with E-state index in [0.29, 0.717) is 40.2 Å². The van der Waals surface area contributed by atoms with Crippen molar-refractivity contribution in [2.75, 3.05) is 7.11 Å². The van der Waals surface area contributed by atoms with Crippen LogP contribution in [0.1, 0.15) is 17.7 Å². The van der Waals surface area contributed by atoms with Gasteiger partial charge in [0.25, 0.3) is 11.8 Å².